The van der Waals surface area contributed by atoms with Crippen molar-refractivity contribution >= 4 is 76.2 Å². The number of aliphatic hydroxyl groups is 3. The SMILES string of the molecule is COC12C(=O)N(C)C(CO)C(=O)N1C1Nc3ccccc3C1(C13c4ccccc4NC1N1C(=O)C4(C(C)C)SSSSC1(C(=O)N4C)C3O)C2O. The molecule has 0 aliphatic carbocycles. The minimum atomic E-state index is -2.33. The molecule has 0 radical (unpaired) electrons. The second-order valence-electron chi connectivity index (χ2n) is 14.3. The number of carbonyl (C=O) groups excluding carboxylic acids is 4. The molecule has 10 unspecified atom stereocenters. The molecular formula is C33H36N6O8S4. The third-order valence-electron chi connectivity index (χ3n) is 12.6. The van der Waals surface area contributed by atoms with Crippen LogP contribution in [0.5, 0.6) is 0 Å². The van der Waals surface area contributed by atoms with Crippen molar-refractivity contribution in [3.63, 3.8) is 0 Å². The van der Waals surface area contributed by atoms with E-state index in [1.54, 1.807) is 43.4 Å². The van der Waals surface area contributed by atoms with Crippen LogP contribution >= 0.6 is 41.2 Å². The number of rotatable bonds is 4. The highest BCUT2D eigenvalue weighted by molar-refractivity contribution is 9.26. The van der Waals surface area contributed by atoms with Crippen LogP contribution in [0.3, 0.4) is 0 Å². The lowest BCUT2D eigenvalue weighted by Crippen LogP contribution is -2.76. The lowest BCUT2D eigenvalue weighted by Gasteiger charge is -2.56. The van der Waals surface area contributed by atoms with Gasteiger partial charge < -0.3 is 40.5 Å². The smallest absolute Gasteiger partial charge is 0.279 e. The maximum absolute atomic E-state index is 15.4. The van der Waals surface area contributed by atoms with Crippen LogP contribution in [0.2, 0.25) is 0 Å². The molecule has 270 valence electrons. The lowest BCUT2D eigenvalue weighted by atomic mass is 9.51. The average Bonchev–Trinajstić information content (AvgIpc) is 3.76. The first-order valence-electron chi connectivity index (χ1n) is 16.5. The molecule has 1 spiro atoms. The Morgan fingerprint density at radius 2 is 1.35 bits per heavy atom. The van der Waals surface area contributed by atoms with E-state index in [4.69, 9.17) is 4.74 Å². The fourth-order valence-electron chi connectivity index (χ4n) is 10.5. The van der Waals surface area contributed by atoms with E-state index in [2.05, 4.69) is 10.6 Å². The van der Waals surface area contributed by atoms with Crippen LogP contribution < -0.4 is 10.6 Å². The van der Waals surface area contributed by atoms with Crippen molar-refractivity contribution in [1.82, 2.24) is 19.6 Å². The van der Waals surface area contributed by atoms with Crippen LogP contribution in [0.25, 0.3) is 0 Å². The summed E-state index contributed by atoms with van der Waals surface area (Å²) in [6.45, 7) is 3.08. The lowest BCUT2D eigenvalue weighted by molar-refractivity contribution is -0.218. The van der Waals surface area contributed by atoms with Crippen LogP contribution in [0.4, 0.5) is 11.4 Å². The predicted octanol–water partition coefficient (Wildman–Crippen LogP) is 1.16. The van der Waals surface area contributed by atoms with Gasteiger partial charge in [0.1, 0.15) is 30.6 Å². The van der Waals surface area contributed by atoms with Crippen LogP contribution in [0.15, 0.2) is 48.5 Å². The first kappa shape index (κ1) is 34.0. The highest BCUT2D eigenvalue weighted by Gasteiger charge is 2.91. The van der Waals surface area contributed by atoms with Gasteiger partial charge in [-0.15, -0.1) is 0 Å². The molecule has 2 aromatic carbocycles. The molecule has 6 fully saturated rings. The Hall–Kier alpha value is -2.84. The summed E-state index contributed by atoms with van der Waals surface area (Å²) >= 11 is 0. The number of aliphatic hydroxyl groups excluding tert-OH is 3. The summed E-state index contributed by atoms with van der Waals surface area (Å²) in [6.07, 6.45) is -6.05. The normalized spacial score (nSPS) is 41.9. The Balaban J connectivity index is 1.43. The zero-order valence-corrected chi connectivity index (χ0v) is 31.4. The second kappa shape index (κ2) is 10.6. The van der Waals surface area contributed by atoms with Crippen molar-refractivity contribution < 1.29 is 39.2 Å². The number of methoxy groups -OCH3 is 1. The first-order valence-corrected chi connectivity index (χ1v) is 21.3. The van der Waals surface area contributed by atoms with Gasteiger partial charge in [0.15, 0.2) is 4.87 Å². The van der Waals surface area contributed by atoms with Crippen molar-refractivity contribution in [1.29, 1.82) is 0 Å². The minimum Gasteiger partial charge on any atom is -0.394 e. The Bertz CT molecular complexity index is 1940. The third kappa shape index (κ3) is 3.25. The van der Waals surface area contributed by atoms with E-state index < -0.39 is 81.2 Å². The number of anilines is 2. The largest absolute Gasteiger partial charge is 0.394 e. The van der Waals surface area contributed by atoms with E-state index >= 15 is 9.59 Å². The molecule has 18 heteroatoms. The van der Waals surface area contributed by atoms with Gasteiger partial charge in [0.25, 0.3) is 29.4 Å². The number of fused-ring (bicyclic) bond motifs is 13. The maximum atomic E-state index is 15.4. The summed E-state index contributed by atoms with van der Waals surface area (Å²) in [5, 5.41) is 44.3. The summed E-state index contributed by atoms with van der Waals surface area (Å²) in [4.78, 5) is 61.8. The van der Waals surface area contributed by atoms with Crippen molar-refractivity contribution in [2.24, 2.45) is 5.92 Å². The molecule has 4 amide bonds. The van der Waals surface area contributed by atoms with Gasteiger partial charge in [-0.3, -0.25) is 29.0 Å². The number of hydrogen-bond acceptors (Lipinski definition) is 14. The monoisotopic (exact) mass is 772 g/mol. The molecule has 2 bridgehead atoms. The summed E-state index contributed by atoms with van der Waals surface area (Å²) in [6, 6.07) is 13.0. The molecule has 5 N–H and O–H groups in total. The Morgan fingerprint density at radius 3 is 1.92 bits per heavy atom. The molecular weight excluding hydrogens is 737 g/mol. The molecule has 14 nitrogen and oxygen atoms in total. The first-order chi connectivity index (χ1) is 24.3. The van der Waals surface area contributed by atoms with Crippen LogP contribution in [-0.2, 0) is 34.7 Å². The van der Waals surface area contributed by atoms with E-state index in [1.165, 1.54) is 59.3 Å². The number of nitrogens with one attached hydrogen (secondary N) is 2. The molecule has 0 aromatic heterocycles. The van der Waals surface area contributed by atoms with E-state index in [9.17, 15) is 24.9 Å². The highest BCUT2D eigenvalue weighted by atomic mass is 33.7. The quantitative estimate of drug-likeness (QED) is 0.280. The van der Waals surface area contributed by atoms with Gasteiger partial charge in [-0.05, 0) is 70.4 Å². The van der Waals surface area contributed by atoms with Gasteiger partial charge in [-0.1, -0.05) is 50.2 Å². The summed E-state index contributed by atoms with van der Waals surface area (Å²) < 4.78 is 6.06. The molecule has 8 heterocycles. The van der Waals surface area contributed by atoms with Gasteiger partial charge in [0.05, 0.1) is 17.4 Å². The van der Waals surface area contributed by atoms with Gasteiger partial charge in [0.2, 0.25) is 4.87 Å². The third-order valence-corrected chi connectivity index (χ3v) is 20.1. The molecule has 51 heavy (non-hydrogen) atoms. The maximum Gasteiger partial charge on any atom is 0.279 e. The number of para-hydroxylation sites is 2. The standard InChI is InChI=1S/C33H36N6O8S4/c1-15(2)32-28(46)39-25-30(17-11-7-9-13-19(17)35-25,23(43)33(39,27(45)37(32)4)49-51-50-48-32)29-16-10-6-8-12-18(16)34-24(29)38-21(41)20(14-40)36(3)26(44)31(38,47-5)22(29)42/h6-13,15,20,22-25,34-35,40,42-43H,14H2,1-5H3. The zero-order valence-electron chi connectivity index (χ0n) is 28.1. The van der Waals surface area contributed by atoms with E-state index in [-0.39, 0.29) is 11.8 Å². The van der Waals surface area contributed by atoms with Crippen molar-refractivity contribution in [2.45, 2.75) is 70.7 Å². The number of amides is 4. The van der Waals surface area contributed by atoms with Crippen LogP contribution in [0.1, 0.15) is 25.0 Å². The molecule has 10 rings (SSSR count). The van der Waals surface area contributed by atoms with E-state index in [0.717, 1.165) is 15.7 Å². The van der Waals surface area contributed by atoms with Gasteiger partial charge in [-0.25, -0.2) is 0 Å². The molecule has 10 atom stereocenters. The van der Waals surface area contributed by atoms with Crippen molar-refractivity contribution in [3.05, 3.63) is 59.7 Å². The Morgan fingerprint density at radius 1 is 0.804 bits per heavy atom. The summed E-state index contributed by atoms with van der Waals surface area (Å²) in [5.74, 6) is -2.66. The number of nitrogens with zero attached hydrogens (tertiary/aromatic N) is 4. The fraction of sp³-hybridized carbons (Fsp3) is 0.515. The summed E-state index contributed by atoms with van der Waals surface area (Å²) in [5.41, 5.74) is -3.94. The molecule has 6 saturated heterocycles. The fourth-order valence-corrected chi connectivity index (χ4v) is 18.6. The number of carbonyl (C=O) groups is 4. The molecule has 0 saturated carbocycles. The van der Waals surface area contributed by atoms with E-state index in [1.807, 2.05) is 26.0 Å². The number of piperazine rings is 2. The van der Waals surface area contributed by atoms with Gasteiger partial charge in [0, 0.05) is 32.6 Å². The Kier molecular flexibility index (Phi) is 7.09. The number of likely N-dealkylation sites (N-methyl/N-ethyl adjacent to an activating group) is 2. The van der Waals surface area contributed by atoms with Crippen molar-refractivity contribution in [3.8, 4) is 0 Å². The number of benzene rings is 2. The number of hydrogen-bond donors (Lipinski definition) is 5. The molecule has 8 aliphatic rings. The van der Waals surface area contributed by atoms with Crippen LogP contribution in [-0.4, -0.2) is 132 Å². The second-order valence-corrected chi connectivity index (χ2v) is 20.5. The summed E-state index contributed by atoms with van der Waals surface area (Å²) in [7, 11) is 9.25. The number of ether oxygens (including phenoxy) is 1. The molecule has 2 aromatic rings. The average molecular weight is 773 g/mol. The van der Waals surface area contributed by atoms with Crippen molar-refractivity contribution in [2.75, 3.05) is 38.4 Å². The van der Waals surface area contributed by atoms with E-state index in [0.29, 0.717) is 22.5 Å². The zero-order chi connectivity index (χ0) is 36.2. The van der Waals surface area contributed by atoms with Gasteiger partial charge >= 0.3 is 0 Å². The predicted molar refractivity (Wildman–Crippen MR) is 194 cm³/mol. The van der Waals surface area contributed by atoms with Gasteiger partial charge in [-0.2, -0.15) is 0 Å². The van der Waals surface area contributed by atoms with Crippen LogP contribution in [0, 0.1) is 5.92 Å². The topological polar surface area (TPSA) is 175 Å². The molecule has 8 aliphatic heterocycles. The minimum absolute atomic E-state index is 0.349. The highest BCUT2D eigenvalue weighted by Crippen LogP contribution is 2.76. The Labute approximate surface area is 308 Å².